The molecule has 7 atom stereocenters. The molecule has 0 amide bonds. The minimum absolute atomic E-state index is 0.0000980. The van der Waals surface area contributed by atoms with Gasteiger partial charge in [0, 0.05) is 12.0 Å². The number of aliphatic hydroxyl groups excluding tert-OH is 2. The Bertz CT molecular complexity index is 789. The number of aliphatic hydroxyl groups is 2. The fraction of sp³-hybridized carbons (Fsp3) is 0.667. The molecule has 1 heterocycles. The Kier molecular flexibility index (Phi) is 6.33. The summed E-state index contributed by atoms with van der Waals surface area (Å²) in [6, 6.07) is 0. The first kappa shape index (κ1) is 22.5. The van der Waals surface area contributed by atoms with Crippen molar-refractivity contribution < 1.29 is 19.7 Å². The molecule has 0 aromatic rings. The fourth-order valence-corrected chi connectivity index (χ4v) is 6.98. The molecule has 0 bridgehead atoms. The number of cyclic esters (lactones) is 1. The van der Waals surface area contributed by atoms with Gasteiger partial charge in [-0.1, -0.05) is 50.3 Å². The molecule has 4 fully saturated rings. The third-order valence-electron chi connectivity index (χ3n) is 8.70. The summed E-state index contributed by atoms with van der Waals surface area (Å²) in [5, 5.41) is 20.3. The number of hydrogen-bond acceptors (Lipinski definition) is 4. The van der Waals surface area contributed by atoms with Crippen LogP contribution in [0.1, 0.15) is 71.6 Å². The van der Waals surface area contributed by atoms with Crippen LogP contribution >= 0.6 is 0 Å². The first-order chi connectivity index (χ1) is 14.7. The lowest BCUT2D eigenvalue weighted by Crippen LogP contribution is -2.36. The highest BCUT2D eigenvalue weighted by Gasteiger charge is 2.51. The van der Waals surface area contributed by atoms with Crippen molar-refractivity contribution in [1.82, 2.24) is 0 Å². The summed E-state index contributed by atoms with van der Waals surface area (Å²) in [5.74, 6) is 1.54. The number of rotatable bonds is 4. The van der Waals surface area contributed by atoms with Crippen LogP contribution in [0.2, 0.25) is 0 Å². The van der Waals surface area contributed by atoms with Crippen LogP contribution < -0.4 is 0 Å². The Morgan fingerprint density at radius 2 is 1.87 bits per heavy atom. The molecule has 4 rings (SSSR count). The van der Waals surface area contributed by atoms with E-state index in [-0.39, 0.29) is 12.1 Å². The zero-order valence-corrected chi connectivity index (χ0v) is 19.1. The van der Waals surface area contributed by atoms with Crippen molar-refractivity contribution in [3.8, 4) is 0 Å². The van der Waals surface area contributed by atoms with Crippen LogP contribution in [-0.2, 0) is 9.53 Å². The molecule has 31 heavy (non-hydrogen) atoms. The van der Waals surface area contributed by atoms with Crippen LogP contribution in [-0.4, -0.2) is 34.5 Å². The largest absolute Gasteiger partial charge is 0.459 e. The number of allylic oxidation sites excluding steroid dienone is 3. The van der Waals surface area contributed by atoms with Crippen LogP contribution in [0.25, 0.3) is 0 Å². The van der Waals surface area contributed by atoms with Crippen molar-refractivity contribution in [3.05, 3.63) is 47.6 Å². The van der Waals surface area contributed by atoms with E-state index in [2.05, 4.69) is 39.2 Å². The van der Waals surface area contributed by atoms with Crippen LogP contribution in [0.3, 0.4) is 0 Å². The highest BCUT2D eigenvalue weighted by molar-refractivity contribution is 5.89. The Morgan fingerprint density at radius 1 is 1.16 bits per heavy atom. The second kappa shape index (κ2) is 8.71. The third-order valence-corrected chi connectivity index (χ3v) is 8.70. The lowest BCUT2D eigenvalue weighted by molar-refractivity contribution is -0.139. The molecule has 4 nitrogen and oxygen atoms in total. The summed E-state index contributed by atoms with van der Waals surface area (Å²) in [6.07, 6.45) is 12.0. The van der Waals surface area contributed by atoms with Gasteiger partial charge in [-0.15, -0.1) is 0 Å². The number of ether oxygens (including phenoxy) is 1. The predicted molar refractivity (Wildman–Crippen MR) is 122 cm³/mol. The number of fused-ring (bicyclic) bond motifs is 1. The number of carbonyl (C=O) groups excluding carboxylic acids is 1. The molecule has 4 aliphatic rings. The lowest BCUT2D eigenvalue weighted by Gasteiger charge is -2.44. The number of esters is 1. The quantitative estimate of drug-likeness (QED) is 0.376. The molecule has 3 saturated carbocycles. The van der Waals surface area contributed by atoms with E-state index in [1.807, 2.05) is 0 Å². The average Bonchev–Trinajstić information content (AvgIpc) is 3.22. The zero-order valence-electron chi connectivity index (χ0n) is 19.1. The second-order valence-corrected chi connectivity index (χ2v) is 10.7. The molecule has 0 aromatic heterocycles. The Labute approximate surface area is 186 Å². The molecule has 1 aliphatic heterocycles. The standard InChI is InChI=1S/C27H38O4/c1-16(12-21-13-17(2)26(30)31-21)22-9-10-23-20(6-5-11-27(22,23)4)8-7-19-14-24(28)18(3)25(29)15-19/h7-8,16,21-25,28-29H,2-3,5-6,9-15H2,1,4H3/b20-8+/t16-,21+,22-,23+,24-,25-,27-/m1/s1. The molecule has 0 radical (unpaired) electrons. The fourth-order valence-electron chi connectivity index (χ4n) is 6.98. The molecule has 2 N–H and O–H groups in total. The van der Waals surface area contributed by atoms with Gasteiger partial charge >= 0.3 is 5.97 Å². The Balaban J connectivity index is 1.45. The highest BCUT2D eigenvalue weighted by Crippen LogP contribution is 2.60. The van der Waals surface area contributed by atoms with E-state index in [0.29, 0.717) is 53.6 Å². The van der Waals surface area contributed by atoms with Gasteiger partial charge in [-0.05, 0) is 80.1 Å². The van der Waals surface area contributed by atoms with Crippen molar-refractivity contribution in [2.45, 2.75) is 89.9 Å². The monoisotopic (exact) mass is 426 g/mol. The van der Waals surface area contributed by atoms with E-state index in [1.54, 1.807) is 0 Å². The van der Waals surface area contributed by atoms with E-state index in [4.69, 9.17) is 4.74 Å². The maximum atomic E-state index is 11.7. The Morgan fingerprint density at radius 3 is 2.52 bits per heavy atom. The van der Waals surface area contributed by atoms with Crippen molar-refractivity contribution in [2.75, 3.05) is 0 Å². The molecule has 0 aromatic carbocycles. The number of carbonyl (C=O) groups is 1. The highest BCUT2D eigenvalue weighted by atomic mass is 16.5. The normalized spacial score (nSPS) is 40.8. The van der Waals surface area contributed by atoms with Crippen LogP contribution in [0.15, 0.2) is 47.6 Å². The van der Waals surface area contributed by atoms with Crippen molar-refractivity contribution in [1.29, 1.82) is 0 Å². The smallest absolute Gasteiger partial charge is 0.333 e. The molecule has 4 heteroatoms. The molecule has 1 saturated heterocycles. The van der Waals surface area contributed by atoms with Gasteiger partial charge in [-0.2, -0.15) is 0 Å². The summed E-state index contributed by atoms with van der Waals surface area (Å²) in [7, 11) is 0. The second-order valence-electron chi connectivity index (χ2n) is 10.7. The molecule has 0 unspecified atom stereocenters. The van der Waals surface area contributed by atoms with Gasteiger partial charge in [-0.3, -0.25) is 0 Å². The van der Waals surface area contributed by atoms with E-state index < -0.39 is 12.2 Å². The molecule has 170 valence electrons. The summed E-state index contributed by atoms with van der Waals surface area (Å²) in [5.41, 5.74) is 4.09. The summed E-state index contributed by atoms with van der Waals surface area (Å²) >= 11 is 0. The minimum atomic E-state index is -0.637. The van der Waals surface area contributed by atoms with Gasteiger partial charge in [-0.25, -0.2) is 4.79 Å². The third kappa shape index (κ3) is 4.34. The van der Waals surface area contributed by atoms with Crippen LogP contribution in [0.5, 0.6) is 0 Å². The Hall–Kier alpha value is -1.65. The van der Waals surface area contributed by atoms with Crippen LogP contribution in [0.4, 0.5) is 0 Å². The average molecular weight is 427 g/mol. The van der Waals surface area contributed by atoms with E-state index >= 15 is 0 Å². The maximum absolute atomic E-state index is 11.7. The minimum Gasteiger partial charge on any atom is -0.459 e. The van der Waals surface area contributed by atoms with Crippen molar-refractivity contribution in [3.63, 3.8) is 0 Å². The van der Waals surface area contributed by atoms with Crippen molar-refractivity contribution in [2.24, 2.45) is 23.2 Å². The first-order valence-electron chi connectivity index (χ1n) is 12.0. The van der Waals surface area contributed by atoms with Gasteiger partial charge in [0.15, 0.2) is 0 Å². The van der Waals surface area contributed by atoms with Gasteiger partial charge in [0.25, 0.3) is 0 Å². The summed E-state index contributed by atoms with van der Waals surface area (Å²) < 4.78 is 5.52. The van der Waals surface area contributed by atoms with E-state index in [9.17, 15) is 15.0 Å². The SMILES string of the molecule is C=C1C[C@H](C[C@@H](C)[C@H]2CC[C@H]3/C(=C/C=C4C[C@@H](O)C(=C)[C@H](O)C4)CCC[C@]23C)OC1=O. The first-order valence-corrected chi connectivity index (χ1v) is 12.0. The molecule has 0 spiro atoms. The lowest BCUT2D eigenvalue weighted by atomic mass is 9.60. The maximum Gasteiger partial charge on any atom is 0.333 e. The van der Waals surface area contributed by atoms with E-state index in [0.717, 1.165) is 18.4 Å². The predicted octanol–water partition coefficient (Wildman–Crippen LogP) is 5.03. The number of hydrogen-bond donors (Lipinski definition) is 2. The van der Waals surface area contributed by atoms with Crippen molar-refractivity contribution >= 4 is 5.97 Å². The molecular formula is C27H38O4. The summed E-state index contributed by atoms with van der Waals surface area (Å²) in [6.45, 7) is 12.5. The van der Waals surface area contributed by atoms with Gasteiger partial charge in [0.05, 0.1) is 12.2 Å². The van der Waals surface area contributed by atoms with Gasteiger partial charge in [0.2, 0.25) is 0 Å². The summed E-state index contributed by atoms with van der Waals surface area (Å²) in [4.78, 5) is 11.7. The molecular weight excluding hydrogens is 388 g/mol. The van der Waals surface area contributed by atoms with E-state index in [1.165, 1.54) is 31.3 Å². The zero-order chi connectivity index (χ0) is 22.3. The van der Waals surface area contributed by atoms with Crippen LogP contribution in [0, 0.1) is 23.2 Å². The topological polar surface area (TPSA) is 66.8 Å². The van der Waals surface area contributed by atoms with Gasteiger partial charge < -0.3 is 14.9 Å². The molecule has 3 aliphatic carbocycles. The van der Waals surface area contributed by atoms with Gasteiger partial charge in [0.1, 0.15) is 6.10 Å².